The van der Waals surface area contributed by atoms with Gasteiger partial charge in [0.2, 0.25) is 0 Å². The molecule has 0 spiro atoms. The standard InChI is InChI=1S/C16H16F3N3O/c1-3-22(15(23)14-10-20-7-8-21-14)11(2)12-5-4-6-13(9-12)16(17,18)19/h4-11H,3H2,1-2H3. The summed E-state index contributed by atoms with van der Waals surface area (Å²) in [5.41, 5.74) is -0.156. The summed E-state index contributed by atoms with van der Waals surface area (Å²) < 4.78 is 38.5. The Morgan fingerprint density at radius 3 is 2.61 bits per heavy atom. The van der Waals surface area contributed by atoms with Crippen molar-refractivity contribution < 1.29 is 18.0 Å². The lowest BCUT2D eigenvalue weighted by atomic mass is 10.0. The molecule has 0 aliphatic rings. The fourth-order valence-corrected chi connectivity index (χ4v) is 2.30. The van der Waals surface area contributed by atoms with Crippen molar-refractivity contribution in [2.45, 2.75) is 26.1 Å². The molecule has 1 aromatic heterocycles. The Labute approximate surface area is 132 Å². The van der Waals surface area contributed by atoms with Crippen LogP contribution in [0, 0.1) is 0 Å². The Morgan fingerprint density at radius 1 is 1.30 bits per heavy atom. The highest BCUT2D eigenvalue weighted by molar-refractivity contribution is 5.92. The summed E-state index contributed by atoms with van der Waals surface area (Å²) in [6.45, 7) is 3.79. The van der Waals surface area contributed by atoms with E-state index in [2.05, 4.69) is 9.97 Å². The highest BCUT2D eigenvalue weighted by Gasteiger charge is 2.31. The third kappa shape index (κ3) is 3.85. The molecule has 1 amide bonds. The van der Waals surface area contributed by atoms with E-state index in [1.54, 1.807) is 19.9 Å². The van der Waals surface area contributed by atoms with E-state index in [9.17, 15) is 18.0 Å². The minimum atomic E-state index is -4.41. The van der Waals surface area contributed by atoms with Gasteiger partial charge in [-0.05, 0) is 31.5 Å². The molecule has 2 aromatic rings. The van der Waals surface area contributed by atoms with Gasteiger partial charge in [0.25, 0.3) is 5.91 Å². The van der Waals surface area contributed by atoms with E-state index in [1.807, 2.05) is 0 Å². The van der Waals surface area contributed by atoms with Gasteiger partial charge in [0.15, 0.2) is 0 Å². The van der Waals surface area contributed by atoms with Gasteiger partial charge in [-0.15, -0.1) is 0 Å². The largest absolute Gasteiger partial charge is 0.416 e. The minimum absolute atomic E-state index is 0.160. The first-order valence-electron chi connectivity index (χ1n) is 7.08. The van der Waals surface area contributed by atoms with E-state index < -0.39 is 17.8 Å². The zero-order chi connectivity index (χ0) is 17.0. The Morgan fingerprint density at radius 2 is 2.04 bits per heavy atom. The molecule has 7 heteroatoms. The van der Waals surface area contributed by atoms with Crippen LogP contribution in [0.5, 0.6) is 0 Å². The molecule has 0 bridgehead atoms. The first-order valence-corrected chi connectivity index (χ1v) is 7.08. The normalized spacial score (nSPS) is 12.7. The van der Waals surface area contributed by atoms with Gasteiger partial charge in [0.1, 0.15) is 5.69 Å². The van der Waals surface area contributed by atoms with Gasteiger partial charge >= 0.3 is 6.18 Å². The summed E-state index contributed by atoms with van der Waals surface area (Å²) in [6, 6.07) is 4.48. The molecule has 1 unspecified atom stereocenters. The maximum atomic E-state index is 12.8. The molecule has 0 radical (unpaired) electrons. The van der Waals surface area contributed by atoms with E-state index in [0.29, 0.717) is 12.1 Å². The van der Waals surface area contributed by atoms with Gasteiger partial charge in [-0.25, -0.2) is 4.98 Å². The lowest BCUT2D eigenvalue weighted by Gasteiger charge is -2.28. The third-order valence-electron chi connectivity index (χ3n) is 3.55. The quantitative estimate of drug-likeness (QED) is 0.861. The number of carbonyl (C=O) groups is 1. The number of halogens is 3. The minimum Gasteiger partial charge on any atom is -0.331 e. The van der Waals surface area contributed by atoms with Crippen molar-refractivity contribution in [3.8, 4) is 0 Å². The number of aromatic nitrogens is 2. The lowest BCUT2D eigenvalue weighted by Crippen LogP contribution is -2.34. The summed E-state index contributed by atoms with van der Waals surface area (Å²) >= 11 is 0. The lowest BCUT2D eigenvalue weighted by molar-refractivity contribution is -0.137. The first kappa shape index (κ1) is 16.9. The van der Waals surface area contributed by atoms with Crippen molar-refractivity contribution in [3.63, 3.8) is 0 Å². The van der Waals surface area contributed by atoms with Gasteiger partial charge in [0.05, 0.1) is 17.8 Å². The highest BCUT2D eigenvalue weighted by Crippen LogP contribution is 2.32. The average molecular weight is 323 g/mol. The molecule has 2 rings (SSSR count). The molecule has 0 N–H and O–H groups in total. The molecule has 23 heavy (non-hydrogen) atoms. The van der Waals surface area contributed by atoms with E-state index in [1.165, 1.54) is 29.6 Å². The van der Waals surface area contributed by atoms with Crippen LogP contribution in [0.2, 0.25) is 0 Å². The molecule has 1 heterocycles. The van der Waals surface area contributed by atoms with Crippen LogP contribution in [0.15, 0.2) is 42.9 Å². The number of hydrogen-bond acceptors (Lipinski definition) is 3. The fraction of sp³-hybridized carbons (Fsp3) is 0.312. The van der Waals surface area contributed by atoms with Gasteiger partial charge in [0, 0.05) is 18.9 Å². The molecule has 1 aromatic carbocycles. The van der Waals surface area contributed by atoms with Crippen molar-refractivity contribution in [2.75, 3.05) is 6.54 Å². The van der Waals surface area contributed by atoms with E-state index in [4.69, 9.17) is 0 Å². The predicted octanol–water partition coefficient (Wildman–Crippen LogP) is 3.72. The van der Waals surface area contributed by atoms with Gasteiger partial charge in [-0.1, -0.05) is 12.1 Å². The Hall–Kier alpha value is -2.44. The molecule has 122 valence electrons. The number of hydrogen-bond donors (Lipinski definition) is 0. The topological polar surface area (TPSA) is 46.1 Å². The van der Waals surface area contributed by atoms with Gasteiger partial charge < -0.3 is 4.90 Å². The molecule has 0 fully saturated rings. The van der Waals surface area contributed by atoms with Crippen molar-refractivity contribution in [1.82, 2.24) is 14.9 Å². The maximum absolute atomic E-state index is 12.8. The van der Waals surface area contributed by atoms with E-state index in [-0.39, 0.29) is 11.6 Å². The molecule has 0 aliphatic heterocycles. The molecular weight excluding hydrogens is 307 g/mol. The van der Waals surface area contributed by atoms with Crippen molar-refractivity contribution in [3.05, 3.63) is 59.7 Å². The summed E-state index contributed by atoms with van der Waals surface area (Å²) in [5.74, 6) is -0.370. The number of alkyl halides is 3. The molecule has 1 atom stereocenters. The van der Waals surface area contributed by atoms with Crippen LogP contribution in [0.1, 0.15) is 41.5 Å². The second-order valence-corrected chi connectivity index (χ2v) is 4.98. The number of nitrogens with zero attached hydrogens (tertiary/aromatic N) is 3. The van der Waals surface area contributed by atoms with Crippen LogP contribution in [-0.2, 0) is 6.18 Å². The van der Waals surface area contributed by atoms with Crippen molar-refractivity contribution in [1.29, 1.82) is 0 Å². The molecule has 4 nitrogen and oxygen atoms in total. The van der Waals surface area contributed by atoms with Crippen molar-refractivity contribution >= 4 is 5.91 Å². The summed E-state index contributed by atoms with van der Waals surface area (Å²) in [6.07, 6.45) is -0.231. The second kappa shape index (κ2) is 6.76. The number of amides is 1. The summed E-state index contributed by atoms with van der Waals surface area (Å²) in [7, 11) is 0. The van der Waals surface area contributed by atoms with E-state index >= 15 is 0 Å². The third-order valence-corrected chi connectivity index (χ3v) is 3.55. The van der Waals surface area contributed by atoms with Crippen LogP contribution in [0.4, 0.5) is 13.2 Å². The molecule has 0 saturated heterocycles. The fourth-order valence-electron chi connectivity index (χ4n) is 2.30. The zero-order valence-electron chi connectivity index (χ0n) is 12.7. The number of benzene rings is 1. The average Bonchev–Trinajstić information content (AvgIpc) is 2.55. The zero-order valence-corrected chi connectivity index (χ0v) is 12.7. The Balaban J connectivity index is 2.30. The predicted molar refractivity (Wildman–Crippen MR) is 78.6 cm³/mol. The van der Waals surface area contributed by atoms with Crippen molar-refractivity contribution in [2.24, 2.45) is 0 Å². The number of rotatable bonds is 4. The number of carbonyl (C=O) groups excluding carboxylic acids is 1. The Bertz CT molecular complexity index is 674. The van der Waals surface area contributed by atoms with Crippen LogP contribution < -0.4 is 0 Å². The highest BCUT2D eigenvalue weighted by atomic mass is 19.4. The van der Waals surface area contributed by atoms with Crippen LogP contribution in [0.25, 0.3) is 0 Å². The van der Waals surface area contributed by atoms with E-state index in [0.717, 1.165) is 12.1 Å². The molecule has 0 aliphatic carbocycles. The van der Waals surface area contributed by atoms with Gasteiger partial charge in [-0.3, -0.25) is 9.78 Å². The van der Waals surface area contributed by atoms with Crippen LogP contribution in [0.3, 0.4) is 0 Å². The Kier molecular flexibility index (Phi) is 4.98. The summed E-state index contributed by atoms with van der Waals surface area (Å²) in [4.78, 5) is 21.7. The second-order valence-electron chi connectivity index (χ2n) is 4.98. The first-order chi connectivity index (χ1) is 10.8. The summed E-state index contributed by atoms with van der Waals surface area (Å²) in [5, 5.41) is 0. The van der Waals surface area contributed by atoms with Gasteiger partial charge in [-0.2, -0.15) is 13.2 Å². The molecular formula is C16H16F3N3O. The smallest absolute Gasteiger partial charge is 0.331 e. The van der Waals surface area contributed by atoms with Crippen LogP contribution in [-0.4, -0.2) is 27.3 Å². The maximum Gasteiger partial charge on any atom is 0.416 e. The SMILES string of the molecule is CCN(C(=O)c1cnccn1)C(C)c1cccc(C(F)(F)F)c1. The van der Waals surface area contributed by atoms with Crippen LogP contribution >= 0.6 is 0 Å². The molecule has 0 saturated carbocycles. The monoisotopic (exact) mass is 323 g/mol.